The van der Waals surface area contributed by atoms with Crippen molar-refractivity contribution in [3.05, 3.63) is 23.8 Å². The number of rotatable bonds is 1. The molecule has 106 valence electrons. The lowest BCUT2D eigenvalue weighted by atomic mass is 10.1. The molecular weight excluding hydrogens is 280 g/mol. The first-order chi connectivity index (χ1) is 9.46. The van der Waals surface area contributed by atoms with Crippen molar-refractivity contribution in [2.75, 3.05) is 34.8 Å². The third-order valence-electron chi connectivity index (χ3n) is 3.62. The fourth-order valence-corrected chi connectivity index (χ4v) is 3.80. The van der Waals surface area contributed by atoms with E-state index in [1.165, 1.54) is 0 Å². The van der Waals surface area contributed by atoms with Crippen molar-refractivity contribution in [1.82, 2.24) is 0 Å². The summed E-state index contributed by atoms with van der Waals surface area (Å²) in [5.41, 5.74) is 1.71. The Morgan fingerprint density at radius 1 is 1.10 bits per heavy atom. The van der Waals surface area contributed by atoms with Gasteiger partial charge in [0.2, 0.25) is 0 Å². The first kappa shape index (κ1) is 13.1. The van der Waals surface area contributed by atoms with Crippen molar-refractivity contribution in [1.29, 1.82) is 0 Å². The van der Waals surface area contributed by atoms with Gasteiger partial charge in [0.15, 0.2) is 9.84 Å². The Labute approximate surface area is 116 Å². The van der Waals surface area contributed by atoms with Gasteiger partial charge in [-0.3, -0.25) is 9.59 Å². The lowest BCUT2D eigenvalue weighted by Crippen LogP contribution is -2.26. The van der Waals surface area contributed by atoms with Crippen molar-refractivity contribution in [3.8, 4) is 0 Å². The molecule has 0 aliphatic carbocycles. The van der Waals surface area contributed by atoms with E-state index in [-0.39, 0.29) is 11.5 Å². The number of benzene rings is 1. The van der Waals surface area contributed by atoms with Crippen LogP contribution in [0.15, 0.2) is 18.2 Å². The Morgan fingerprint density at radius 2 is 1.90 bits per heavy atom. The second-order valence-electron chi connectivity index (χ2n) is 5.01. The van der Waals surface area contributed by atoms with Crippen molar-refractivity contribution >= 4 is 32.9 Å². The zero-order valence-electron chi connectivity index (χ0n) is 10.8. The molecule has 1 aromatic rings. The number of carbonyl (C=O) groups excluding carboxylic acids is 2. The van der Waals surface area contributed by atoms with Gasteiger partial charge in [-0.15, -0.1) is 0 Å². The van der Waals surface area contributed by atoms with Gasteiger partial charge >= 0.3 is 0 Å². The molecule has 0 bridgehead atoms. The third-order valence-corrected chi connectivity index (χ3v) is 5.34. The zero-order chi connectivity index (χ0) is 14.3. The summed E-state index contributed by atoms with van der Waals surface area (Å²) in [6, 6.07) is 5.11. The summed E-state index contributed by atoms with van der Waals surface area (Å²) in [6.07, 6.45) is 0.588. The smallest absolute Gasteiger partial charge is 0.296 e. The second kappa shape index (κ2) is 4.59. The summed E-state index contributed by atoms with van der Waals surface area (Å²) in [4.78, 5) is 24.8. The van der Waals surface area contributed by atoms with Gasteiger partial charge in [-0.1, -0.05) is 0 Å². The Kier molecular flexibility index (Phi) is 3.01. The molecule has 2 aliphatic heterocycles. The molecule has 6 nitrogen and oxygen atoms in total. The molecule has 20 heavy (non-hydrogen) atoms. The number of hydrogen-bond donors (Lipinski definition) is 1. The van der Waals surface area contributed by atoms with Crippen LogP contribution in [0.25, 0.3) is 0 Å². The summed E-state index contributed by atoms with van der Waals surface area (Å²) in [5.74, 6) is -0.792. The molecule has 0 unspecified atom stereocenters. The Hall–Kier alpha value is -1.89. The molecule has 2 heterocycles. The summed E-state index contributed by atoms with van der Waals surface area (Å²) in [6.45, 7) is 1.09. The highest BCUT2D eigenvalue weighted by atomic mass is 32.2. The van der Waals surface area contributed by atoms with Crippen molar-refractivity contribution in [3.63, 3.8) is 0 Å². The van der Waals surface area contributed by atoms with Crippen LogP contribution < -0.4 is 10.2 Å². The van der Waals surface area contributed by atoms with Crippen LogP contribution in [-0.4, -0.2) is 44.7 Å². The maximum Gasteiger partial charge on any atom is 0.296 e. The average Bonchev–Trinajstić information content (AvgIpc) is 2.57. The van der Waals surface area contributed by atoms with Crippen molar-refractivity contribution in [2.24, 2.45) is 0 Å². The number of nitrogens with zero attached hydrogens (tertiary/aromatic N) is 1. The van der Waals surface area contributed by atoms with Crippen LogP contribution in [0.5, 0.6) is 0 Å². The van der Waals surface area contributed by atoms with Crippen LogP contribution in [0, 0.1) is 0 Å². The van der Waals surface area contributed by atoms with E-state index in [0.717, 1.165) is 5.69 Å². The summed E-state index contributed by atoms with van der Waals surface area (Å²) in [7, 11) is -2.95. The molecule has 1 fully saturated rings. The second-order valence-corrected chi connectivity index (χ2v) is 7.31. The van der Waals surface area contributed by atoms with E-state index in [2.05, 4.69) is 5.32 Å². The number of hydrogen-bond acceptors (Lipinski definition) is 5. The number of anilines is 2. The number of ketones is 1. The van der Waals surface area contributed by atoms with Crippen molar-refractivity contribution < 1.29 is 18.0 Å². The molecule has 2 aliphatic rings. The number of sulfone groups is 1. The minimum Gasteiger partial charge on any atom is -0.370 e. The molecular formula is C13H14N2O4S. The van der Waals surface area contributed by atoms with E-state index >= 15 is 0 Å². The lowest BCUT2D eigenvalue weighted by molar-refractivity contribution is -0.112. The van der Waals surface area contributed by atoms with E-state index in [4.69, 9.17) is 0 Å². The van der Waals surface area contributed by atoms with Gasteiger partial charge in [0.25, 0.3) is 11.7 Å². The number of nitrogens with one attached hydrogen (secondary N) is 1. The number of fused-ring (bicyclic) bond motifs is 1. The van der Waals surface area contributed by atoms with Crippen LogP contribution in [-0.2, 0) is 14.6 Å². The van der Waals surface area contributed by atoms with Gasteiger partial charge in [0, 0.05) is 18.8 Å². The molecule has 0 radical (unpaired) electrons. The van der Waals surface area contributed by atoms with Gasteiger partial charge in [0.05, 0.1) is 22.8 Å². The van der Waals surface area contributed by atoms with Gasteiger partial charge in [-0.05, 0) is 24.6 Å². The normalized spacial score (nSPS) is 21.3. The Morgan fingerprint density at radius 3 is 2.70 bits per heavy atom. The van der Waals surface area contributed by atoms with Crippen LogP contribution in [0.4, 0.5) is 11.4 Å². The van der Waals surface area contributed by atoms with E-state index in [1.807, 2.05) is 4.90 Å². The molecule has 3 rings (SSSR count). The fourth-order valence-electron chi connectivity index (χ4n) is 2.53. The van der Waals surface area contributed by atoms with Gasteiger partial charge in [0.1, 0.15) is 0 Å². The molecule has 1 saturated heterocycles. The predicted octanol–water partition coefficient (Wildman–Crippen LogP) is 0.446. The maximum atomic E-state index is 11.6. The molecule has 0 atom stereocenters. The van der Waals surface area contributed by atoms with Crippen LogP contribution in [0.1, 0.15) is 16.8 Å². The summed E-state index contributed by atoms with van der Waals surface area (Å²) in [5, 5.41) is 2.53. The first-order valence-electron chi connectivity index (χ1n) is 6.41. The highest BCUT2D eigenvalue weighted by Crippen LogP contribution is 2.28. The number of carbonyl (C=O) groups is 2. The van der Waals surface area contributed by atoms with Crippen LogP contribution in [0.2, 0.25) is 0 Å². The Balaban J connectivity index is 1.87. The van der Waals surface area contributed by atoms with Gasteiger partial charge in [-0.2, -0.15) is 0 Å². The standard InChI is InChI=1S/C13H14N2O4S/c16-12-10-3-2-9(8-11(10)14-13(12)17)15-4-1-6-20(18,19)7-5-15/h2-3,8H,1,4-7H2,(H,14,16,17). The Bertz CT molecular complexity index is 696. The summed E-state index contributed by atoms with van der Waals surface area (Å²) >= 11 is 0. The molecule has 0 spiro atoms. The van der Waals surface area contributed by atoms with Gasteiger partial charge < -0.3 is 10.2 Å². The van der Waals surface area contributed by atoms with Crippen LogP contribution >= 0.6 is 0 Å². The molecule has 7 heteroatoms. The van der Waals surface area contributed by atoms with E-state index in [1.54, 1.807) is 18.2 Å². The van der Waals surface area contributed by atoms with E-state index in [0.29, 0.717) is 30.8 Å². The molecule has 1 N–H and O–H groups in total. The molecule has 1 aromatic carbocycles. The SMILES string of the molecule is O=C1Nc2cc(N3CCCS(=O)(=O)CC3)ccc2C1=O. The highest BCUT2D eigenvalue weighted by molar-refractivity contribution is 7.91. The van der Waals surface area contributed by atoms with Crippen LogP contribution in [0.3, 0.4) is 0 Å². The highest BCUT2D eigenvalue weighted by Gasteiger charge is 2.28. The topological polar surface area (TPSA) is 83.6 Å². The predicted molar refractivity (Wildman–Crippen MR) is 74.9 cm³/mol. The third kappa shape index (κ3) is 2.29. The fraction of sp³-hybridized carbons (Fsp3) is 0.385. The quantitative estimate of drug-likeness (QED) is 0.760. The summed E-state index contributed by atoms with van der Waals surface area (Å²) < 4.78 is 23.2. The van der Waals surface area contributed by atoms with Gasteiger partial charge in [-0.25, -0.2) is 8.42 Å². The lowest BCUT2D eigenvalue weighted by Gasteiger charge is -2.22. The maximum absolute atomic E-state index is 11.6. The van der Waals surface area contributed by atoms with Crippen molar-refractivity contribution in [2.45, 2.75) is 6.42 Å². The zero-order valence-corrected chi connectivity index (χ0v) is 11.6. The average molecular weight is 294 g/mol. The molecule has 0 saturated carbocycles. The minimum absolute atomic E-state index is 0.134. The number of Topliss-reactive ketones (excluding diaryl/α,β-unsaturated/α-hetero) is 1. The largest absolute Gasteiger partial charge is 0.370 e. The van der Waals surface area contributed by atoms with E-state index in [9.17, 15) is 18.0 Å². The number of amides is 1. The van der Waals surface area contributed by atoms with E-state index < -0.39 is 21.5 Å². The molecule has 1 amide bonds. The molecule has 0 aromatic heterocycles. The monoisotopic (exact) mass is 294 g/mol. The first-order valence-corrected chi connectivity index (χ1v) is 8.23. The minimum atomic E-state index is -2.95.